The summed E-state index contributed by atoms with van der Waals surface area (Å²) in [6, 6.07) is 3.94. The van der Waals surface area contributed by atoms with E-state index in [1.54, 1.807) is 6.20 Å². The summed E-state index contributed by atoms with van der Waals surface area (Å²) < 4.78 is 2.09. The van der Waals surface area contributed by atoms with Crippen molar-refractivity contribution in [1.82, 2.24) is 14.5 Å². The SMILES string of the molecule is NC1CCCc2nc(-c3cccnc3)cn21. The fourth-order valence-corrected chi connectivity index (χ4v) is 2.17. The lowest BCUT2D eigenvalue weighted by atomic mass is 10.1. The number of nitrogens with zero attached hydrogens (tertiary/aromatic N) is 3. The molecule has 2 aromatic rings. The molecule has 1 unspecified atom stereocenters. The van der Waals surface area contributed by atoms with Gasteiger partial charge in [0.05, 0.1) is 11.9 Å². The summed E-state index contributed by atoms with van der Waals surface area (Å²) in [5.74, 6) is 1.10. The molecule has 16 heavy (non-hydrogen) atoms. The molecule has 4 nitrogen and oxygen atoms in total. The Morgan fingerprint density at radius 1 is 1.44 bits per heavy atom. The van der Waals surface area contributed by atoms with Crippen LogP contribution in [-0.4, -0.2) is 14.5 Å². The van der Waals surface area contributed by atoms with Crippen LogP contribution in [0.5, 0.6) is 0 Å². The molecule has 0 amide bonds. The molecule has 3 rings (SSSR count). The van der Waals surface area contributed by atoms with Gasteiger partial charge in [-0.2, -0.15) is 0 Å². The van der Waals surface area contributed by atoms with Crippen LogP contribution in [0.2, 0.25) is 0 Å². The van der Waals surface area contributed by atoms with Gasteiger partial charge >= 0.3 is 0 Å². The maximum Gasteiger partial charge on any atom is 0.110 e. The second kappa shape index (κ2) is 3.72. The van der Waals surface area contributed by atoms with Gasteiger partial charge < -0.3 is 10.3 Å². The Kier molecular flexibility index (Phi) is 2.22. The molecule has 0 bridgehead atoms. The van der Waals surface area contributed by atoms with Crippen molar-refractivity contribution in [3.05, 3.63) is 36.5 Å². The van der Waals surface area contributed by atoms with Crippen LogP contribution in [0.15, 0.2) is 30.7 Å². The predicted molar refractivity (Wildman–Crippen MR) is 61.6 cm³/mol. The van der Waals surface area contributed by atoms with E-state index < -0.39 is 0 Å². The monoisotopic (exact) mass is 214 g/mol. The average Bonchev–Trinajstić information content (AvgIpc) is 2.76. The minimum absolute atomic E-state index is 0.0849. The Hall–Kier alpha value is -1.68. The smallest absolute Gasteiger partial charge is 0.110 e. The van der Waals surface area contributed by atoms with Crippen LogP contribution >= 0.6 is 0 Å². The number of aromatic nitrogens is 3. The van der Waals surface area contributed by atoms with Gasteiger partial charge in [0.15, 0.2) is 0 Å². The van der Waals surface area contributed by atoms with Crippen LogP contribution in [0.4, 0.5) is 0 Å². The number of fused-ring (bicyclic) bond motifs is 1. The van der Waals surface area contributed by atoms with Crippen molar-refractivity contribution >= 4 is 0 Å². The normalized spacial score (nSPS) is 19.4. The van der Waals surface area contributed by atoms with Gasteiger partial charge in [0.1, 0.15) is 5.82 Å². The molecule has 0 saturated carbocycles. The molecule has 0 aromatic carbocycles. The molecular formula is C12H14N4. The zero-order valence-electron chi connectivity index (χ0n) is 9.00. The van der Waals surface area contributed by atoms with E-state index in [-0.39, 0.29) is 6.17 Å². The van der Waals surface area contributed by atoms with Crippen LogP contribution in [0.3, 0.4) is 0 Å². The highest BCUT2D eigenvalue weighted by Crippen LogP contribution is 2.25. The number of nitrogens with two attached hydrogens (primary N) is 1. The second-order valence-corrected chi connectivity index (χ2v) is 4.15. The number of rotatable bonds is 1. The summed E-state index contributed by atoms with van der Waals surface area (Å²) in [4.78, 5) is 8.72. The van der Waals surface area contributed by atoms with Gasteiger partial charge in [0, 0.05) is 30.6 Å². The molecule has 3 heterocycles. The van der Waals surface area contributed by atoms with E-state index in [0.29, 0.717) is 0 Å². The lowest BCUT2D eigenvalue weighted by molar-refractivity contribution is 0.408. The Balaban J connectivity index is 2.05. The third-order valence-electron chi connectivity index (χ3n) is 3.02. The molecule has 1 atom stereocenters. The van der Waals surface area contributed by atoms with E-state index in [2.05, 4.69) is 14.5 Å². The van der Waals surface area contributed by atoms with Gasteiger partial charge in [0.2, 0.25) is 0 Å². The van der Waals surface area contributed by atoms with Crippen LogP contribution < -0.4 is 5.73 Å². The molecule has 2 aromatic heterocycles. The van der Waals surface area contributed by atoms with Crippen LogP contribution in [0.1, 0.15) is 24.8 Å². The highest BCUT2D eigenvalue weighted by atomic mass is 15.2. The van der Waals surface area contributed by atoms with E-state index >= 15 is 0 Å². The van der Waals surface area contributed by atoms with Crippen molar-refractivity contribution in [3.8, 4) is 11.3 Å². The first kappa shape index (κ1) is 9.54. The van der Waals surface area contributed by atoms with E-state index in [1.807, 2.05) is 24.5 Å². The molecule has 82 valence electrons. The number of imidazole rings is 1. The molecule has 1 aliphatic heterocycles. The first-order chi connectivity index (χ1) is 7.84. The zero-order chi connectivity index (χ0) is 11.0. The highest BCUT2D eigenvalue weighted by molar-refractivity contribution is 5.57. The lowest BCUT2D eigenvalue weighted by Gasteiger charge is -2.20. The van der Waals surface area contributed by atoms with Gasteiger partial charge in [-0.25, -0.2) is 4.98 Å². The fourth-order valence-electron chi connectivity index (χ4n) is 2.17. The largest absolute Gasteiger partial charge is 0.318 e. The van der Waals surface area contributed by atoms with Crippen molar-refractivity contribution in [2.45, 2.75) is 25.4 Å². The third-order valence-corrected chi connectivity index (χ3v) is 3.02. The molecule has 4 heteroatoms. The van der Waals surface area contributed by atoms with Crippen molar-refractivity contribution in [3.63, 3.8) is 0 Å². The molecular weight excluding hydrogens is 200 g/mol. The number of pyridine rings is 1. The van der Waals surface area contributed by atoms with E-state index in [1.165, 1.54) is 0 Å². The van der Waals surface area contributed by atoms with Gasteiger partial charge in [-0.1, -0.05) is 0 Å². The van der Waals surface area contributed by atoms with Crippen molar-refractivity contribution in [1.29, 1.82) is 0 Å². The quantitative estimate of drug-likeness (QED) is 0.786. The standard InChI is InChI=1S/C12H14N4/c13-11-4-1-5-12-15-10(8-16(11)12)9-3-2-6-14-7-9/h2-3,6-8,11H,1,4-5,13H2. The van der Waals surface area contributed by atoms with Crippen LogP contribution in [0.25, 0.3) is 11.3 Å². The van der Waals surface area contributed by atoms with Gasteiger partial charge in [-0.15, -0.1) is 0 Å². The molecule has 0 saturated heterocycles. The van der Waals surface area contributed by atoms with Crippen molar-refractivity contribution < 1.29 is 0 Å². The Morgan fingerprint density at radius 2 is 2.38 bits per heavy atom. The fraction of sp³-hybridized carbons (Fsp3) is 0.333. The maximum absolute atomic E-state index is 6.05. The maximum atomic E-state index is 6.05. The second-order valence-electron chi connectivity index (χ2n) is 4.15. The topological polar surface area (TPSA) is 56.7 Å². The third kappa shape index (κ3) is 1.51. The minimum atomic E-state index is 0.0849. The molecule has 2 N–H and O–H groups in total. The summed E-state index contributed by atoms with van der Waals surface area (Å²) in [5.41, 5.74) is 8.07. The predicted octanol–water partition coefficient (Wildman–Crippen LogP) is 1.74. The highest BCUT2D eigenvalue weighted by Gasteiger charge is 2.18. The number of hydrogen-bond donors (Lipinski definition) is 1. The first-order valence-corrected chi connectivity index (χ1v) is 5.58. The van der Waals surface area contributed by atoms with E-state index in [4.69, 9.17) is 5.73 Å². The molecule has 0 aliphatic carbocycles. The molecule has 0 spiro atoms. The van der Waals surface area contributed by atoms with Gasteiger partial charge in [-0.05, 0) is 25.0 Å². The number of aryl methyl sites for hydroxylation is 1. The van der Waals surface area contributed by atoms with Crippen LogP contribution in [-0.2, 0) is 6.42 Å². The summed E-state index contributed by atoms with van der Waals surface area (Å²) in [7, 11) is 0. The summed E-state index contributed by atoms with van der Waals surface area (Å²) >= 11 is 0. The van der Waals surface area contributed by atoms with Crippen molar-refractivity contribution in [2.24, 2.45) is 5.73 Å². The lowest BCUT2D eigenvalue weighted by Crippen LogP contribution is -2.24. The van der Waals surface area contributed by atoms with Crippen molar-refractivity contribution in [2.75, 3.05) is 0 Å². The average molecular weight is 214 g/mol. The summed E-state index contributed by atoms with van der Waals surface area (Å²) in [5, 5.41) is 0. The summed E-state index contributed by atoms with van der Waals surface area (Å²) in [6.45, 7) is 0. The van der Waals surface area contributed by atoms with Gasteiger partial charge in [-0.3, -0.25) is 4.98 Å². The van der Waals surface area contributed by atoms with Crippen LogP contribution in [0, 0.1) is 0 Å². The first-order valence-electron chi connectivity index (χ1n) is 5.58. The Bertz CT molecular complexity index is 489. The van der Waals surface area contributed by atoms with E-state index in [9.17, 15) is 0 Å². The molecule has 0 radical (unpaired) electrons. The zero-order valence-corrected chi connectivity index (χ0v) is 9.00. The molecule has 1 aliphatic rings. The minimum Gasteiger partial charge on any atom is -0.318 e. The Labute approximate surface area is 94.1 Å². The van der Waals surface area contributed by atoms with Gasteiger partial charge in [0.25, 0.3) is 0 Å². The Morgan fingerprint density at radius 3 is 3.12 bits per heavy atom. The molecule has 0 fully saturated rings. The van der Waals surface area contributed by atoms with E-state index in [0.717, 1.165) is 36.3 Å². The number of hydrogen-bond acceptors (Lipinski definition) is 3. The summed E-state index contributed by atoms with van der Waals surface area (Å²) in [6.07, 6.45) is 8.91.